The zero-order valence-corrected chi connectivity index (χ0v) is 21.9. The summed E-state index contributed by atoms with van der Waals surface area (Å²) in [6.45, 7) is 0. The molecule has 0 aliphatic carbocycles. The van der Waals surface area contributed by atoms with Crippen molar-refractivity contribution in [3.8, 4) is 5.69 Å². The third-order valence-corrected chi connectivity index (χ3v) is 7.74. The second kappa shape index (κ2) is 10.5. The Morgan fingerprint density at radius 2 is 1.60 bits per heavy atom. The van der Waals surface area contributed by atoms with E-state index in [9.17, 15) is 13.2 Å². The van der Waals surface area contributed by atoms with Crippen LogP contribution in [0.1, 0.15) is 23.8 Å². The highest BCUT2D eigenvalue weighted by Crippen LogP contribution is 2.37. The number of para-hydroxylation sites is 2. The van der Waals surface area contributed by atoms with Crippen LogP contribution in [0.15, 0.2) is 130 Å². The van der Waals surface area contributed by atoms with Crippen molar-refractivity contribution >= 4 is 33.1 Å². The smallest absolute Gasteiger partial charge is 0.333 e. The molecule has 6 rings (SSSR count). The Labute approximate surface area is 230 Å². The minimum atomic E-state index is -4.10. The van der Waals surface area contributed by atoms with Crippen molar-refractivity contribution in [3.05, 3.63) is 127 Å². The van der Waals surface area contributed by atoms with Gasteiger partial charge in [0.25, 0.3) is 10.0 Å². The number of sulfonamides is 1. The van der Waals surface area contributed by atoms with Gasteiger partial charge in [0.1, 0.15) is 11.5 Å². The Hall–Kier alpha value is -5.16. The first-order valence-corrected chi connectivity index (χ1v) is 13.9. The summed E-state index contributed by atoms with van der Waals surface area (Å²) in [5.41, 5.74) is 3.78. The first kappa shape index (κ1) is 25.1. The van der Waals surface area contributed by atoms with E-state index >= 15 is 0 Å². The molecule has 10 nitrogen and oxygen atoms in total. The minimum absolute atomic E-state index is 0.0534. The number of hydrogen-bond acceptors (Lipinski definition) is 7. The van der Waals surface area contributed by atoms with E-state index in [-0.39, 0.29) is 10.9 Å². The summed E-state index contributed by atoms with van der Waals surface area (Å²) in [7, 11) is -4.10. The maximum Gasteiger partial charge on any atom is 0.333 e. The summed E-state index contributed by atoms with van der Waals surface area (Å²) in [5.74, 6) is 0.663. The number of benzene rings is 3. The highest BCUT2D eigenvalue weighted by atomic mass is 32.2. The first-order chi connectivity index (χ1) is 19.5. The van der Waals surface area contributed by atoms with E-state index in [1.165, 1.54) is 12.1 Å². The summed E-state index contributed by atoms with van der Waals surface area (Å²) in [6, 6.07) is 27.2. The minimum Gasteiger partial charge on any atom is -0.463 e. The number of anilines is 2. The van der Waals surface area contributed by atoms with Crippen LogP contribution >= 0.6 is 0 Å². The SMILES string of the molecule is O=C(Nc1ccccc1)NS(=O)(=O)c1ccc(N2N=C(c3ccco3)CC2c2cnn(-c3ccccc3)c2)cc1. The quantitative estimate of drug-likeness (QED) is 0.281. The molecular weight excluding hydrogens is 528 g/mol. The molecule has 5 aromatic rings. The number of amides is 2. The fourth-order valence-corrected chi connectivity index (χ4v) is 5.37. The van der Waals surface area contributed by atoms with E-state index in [0.717, 1.165) is 17.0 Å². The fourth-order valence-electron chi connectivity index (χ4n) is 4.47. The molecule has 3 aromatic carbocycles. The van der Waals surface area contributed by atoms with E-state index in [1.54, 1.807) is 59.6 Å². The van der Waals surface area contributed by atoms with Gasteiger partial charge in [0.15, 0.2) is 0 Å². The molecule has 0 saturated carbocycles. The zero-order chi connectivity index (χ0) is 27.5. The lowest BCUT2D eigenvalue weighted by molar-refractivity contribution is 0.256. The summed E-state index contributed by atoms with van der Waals surface area (Å²) >= 11 is 0. The molecule has 0 saturated heterocycles. The van der Waals surface area contributed by atoms with Crippen LogP contribution in [0, 0.1) is 0 Å². The van der Waals surface area contributed by atoms with Crippen LogP contribution in [0.2, 0.25) is 0 Å². The van der Waals surface area contributed by atoms with Crippen LogP contribution < -0.4 is 15.0 Å². The predicted molar refractivity (Wildman–Crippen MR) is 151 cm³/mol. The molecule has 1 aliphatic heterocycles. The number of rotatable bonds is 7. The highest BCUT2D eigenvalue weighted by molar-refractivity contribution is 7.90. The van der Waals surface area contributed by atoms with Crippen molar-refractivity contribution < 1.29 is 17.6 Å². The molecule has 1 atom stereocenters. The monoisotopic (exact) mass is 552 g/mol. The number of aromatic nitrogens is 2. The number of carbonyl (C=O) groups excluding carboxylic acids is 1. The molecular formula is C29H24N6O4S. The van der Waals surface area contributed by atoms with Gasteiger partial charge < -0.3 is 9.73 Å². The number of hydrogen-bond donors (Lipinski definition) is 2. The second-order valence-electron chi connectivity index (χ2n) is 9.06. The average Bonchev–Trinajstić information content (AvgIpc) is 3.75. The number of furan rings is 1. The van der Waals surface area contributed by atoms with E-state index in [1.807, 2.05) is 58.4 Å². The molecule has 11 heteroatoms. The molecule has 2 aromatic heterocycles. The van der Waals surface area contributed by atoms with Crippen molar-refractivity contribution in [2.45, 2.75) is 17.4 Å². The standard InChI is InChI=1S/C29H24N6O4S/c36-29(31-22-8-3-1-4-9-22)33-40(37,38)25-15-13-24(14-16-25)35-27(18-26(32-35)28-12-7-17-39-28)21-19-30-34(20-21)23-10-5-2-6-11-23/h1-17,19-20,27H,18H2,(H2,31,33,36). The van der Waals surface area contributed by atoms with E-state index in [2.05, 4.69) is 10.4 Å². The van der Waals surface area contributed by atoms with Crippen molar-refractivity contribution in [1.29, 1.82) is 0 Å². The summed E-state index contributed by atoms with van der Waals surface area (Å²) in [4.78, 5) is 12.2. The molecule has 1 unspecified atom stereocenters. The molecule has 200 valence electrons. The first-order valence-electron chi connectivity index (χ1n) is 12.5. The van der Waals surface area contributed by atoms with Gasteiger partial charge in [0.05, 0.1) is 34.8 Å². The number of nitrogens with one attached hydrogen (secondary N) is 2. The number of urea groups is 1. The second-order valence-corrected chi connectivity index (χ2v) is 10.7. The van der Waals surface area contributed by atoms with Crippen LogP contribution in [0.25, 0.3) is 5.69 Å². The van der Waals surface area contributed by atoms with Gasteiger partial charge in [-0.15, -0.1) is 0 Å². The van der Waals surface area contributed by atoms with Gasteiger partial charge in [-0.25, -0.2) is 22.6 Å². The van der Waals surface area contributed by atoms with Crippen molar-refractivity contribution in [3.63, 3.8) is 0 Å². The van der Waals surface area contributed by atoms with Gasteiger partial charge in [-0.3, -0.25) is 5.01 Å². The maximum atomic E-state index is 12.9. The lowest BCUT2D eigenvalue weighted by atomic mass is 10.0. The predicted octanol–water partition coefficient (Wildman–Crippen LogP) is 5.33. The van der Waals surface area contributed by atoms with Gasteiger partial charge in [0, 0.05) is 23.9 Å². The largest absolute Gasteiger partial charge is 0.463 e. The normalized spacial score (nSPS) is 15.1. The molecule has 40 heavy (non-hydrogen) atoms. The van der Waals surface area contributed by atoms with Gasteiger partial charge in [-0.2, -0.15) is 10.2 Å². The molecule has 0 radical (unpaired) electrons. The average molecular weight is 553 g/mol. The van der Waals surface area contributed by atoms with Crippen LogP contribution in [0.5, 0.6) is 0 Å². The van der Waals surface area contributed by atoms with Gasteiger partial charge >= 0.3 is 6.03 Å². The molecule has 0 fully saturated rings. The summed E-state index contributed by atoms with van der Waals surface area (Å²) < 4.78 is 35.2. The Morgan fingerprint density at radius 1 is 0.875 bits per heavy atom. The lowest BCUT2D eigenvalue weighted by Crippen LogP contribution is -2.34. The number of carbonyl (C=O) groups is 1. The van der Waals surface area contributed by atoms with E-state index in [0.29, 0.717) is 23.6 Å². The van der Waals surface area contributed by atoms with Gasteiger partial charge in [-0.1, -0.05) is 36.4 Å². The maximum absolute atomic E-state index is 12.9. The van der Waals surface area contributed by atoms with Gasteiger partial charge in [-0.05, 0) is 60.7 Å². The molecule has 2 amide bonds. The zero-order valence-electron chi connectivity index (χ0n) is 21.1. The topological polar surface area (TPSA) is 122 Å². The highest BCUT2D eigenvalue weighted by Gasteiger charge is 2.32. The van der Waals surface area contributed by atoms with Crippen LogP contribution in [0.4, 0.5) is 16.2 Å². The summed E-state index contributed by atoms with van der Waals surface area (Å²) in [5, 5.41) is 13.7. The van der Waals surface area contributed by atoms with Gasteiger partial charge in [0.2, 0.25) is 0 Å². The van der Waals surface area contributed by atoms with E-state index in [4.69, 9.17) is 9.52 Å². The van der Waals surface area contributed by atoms with Crippen LogP contribution in [-0.2, 0) is 10.0 Å². The third kappa shape index (κ3) is 5.22. The molecule has 0 bridgehead atoms. The Bertz CT molecular complexity index is 1750. The Morgan fingerprint density at radius 3 is 2.30 bits per heavy atom. The third-order valence-electron chi connectivity index (χ3n) is 6.39. The van der Waals surface area contributed by atoms with E-state index < -0.39 is 16.1 Å². The van der Waals surface area contributed by atoms with Crippen LogP contribution in [-0.4, -0.2) is 29.9 Å². The van der Waals surface area contributed by atoms with Crippen molar-refractivity contribution in [2.24, 2.45) is 5.10 Å². The molecule has 2 N–H and O–H groups in total. The van der Waals surface area contributed by atoms with Crippen molar-refractivity contribution in [2.75, 3.05) is 10.3 Å². The molecule has 3 heterocycles. The lowest BCUT2D eigenvalue weighted by Gasteiger charge is -2.23. The van der Waals surface area contributed by atoms with Crippen LogP contribution in [0.3, 0.4) is 0 Å². The van der Waals surface area contributed by atoms with Crippen molar-refractivity contribution in [1.82, 2.24) is 14.5 Å². The number of hydrazone groups is 1. The fraction of sp³-hybridized carbons (Fsp3) is 0.0690. The summed E-state index contributed by atoms with van der Waals surface area (Å²) in [6.07, 6.45) is 5.93. The Balaban J connectivity index is 1.25. The molecule has 0 spiro atoms. The number of nitrogens with zero attached hydrogens (tertiary/aromatic N) is 4. The Kier molecular flexibility index (Phi) is 6.62. The molecule has 1 aliphatic rings.